The second-order valence-corrected chi connectivity index (χ2v) is 4.08. The van der Waals surface area contributed by atoms with Gasteiger partial charge in [0, 0.05) is 19.0 Å². The standard InChI is InChI=1S/C10H14F3NO3/c11-10(12,13)5-3-8(15)14(7-1-2-7)6-4-9(16)17/h7H,1-6H2,(H,16,17). The molecule has 0 saturated heterocycles. The third-order valence-corrected chi connectivity index (χ3v) is 2.50. The lowest BCUT2D eigenvalue weighted by atomic mass is 10.2. The highest BCUT2D eigenvalue weighted by Crippen LogP contribution is 2.29. The Morgan fingerprint density at radius 1 is 1.24 bits per heavy atom. The summed E-state index contributed by atoms with van der Waals surface area (Å²) in [7, 11) is 0. The first-order valence-corrected chi connectivity index (χ1v) is 5.37. The number of halogens is 3. The van der Waals surface area contributed by atoms with Gasteiger partial charge in [-0.25, -0.2) is 0 Å². The Kier molecular flexibility index (Phi) is 4.36. The molecule has 0 unspecified atom stereocenters. The second-order valence-electron chi connectivity index (χ2n) is 4.08. The zero-order chi connectivity index (χ0) is 13.1. The van der Waals surface area contributed by atoms with Crippen molar-refractivity contribution in [2.75, 3.05) is 6.54 Å². The Morgan fingerprint density at radius 2 is 1.82 bits per heavy atom. The van der Waals surface area contributed by atoms with Crippen LogP contribution in [-0.4, -0.2) is 40.6 Å². The molecule has 4 nitrogen and oxygen atoms in total. The maximum absolute atomic E-state index is 11.9. The monoisotopic (exact) mass is 253 g/mol. The van der Waals surface area contributed by atoms with Gasteiger partial charge in [0.1, 0.15) is 0 Å². The molecule has 1 aliphatic rings. The first-order chi connectivity index (χ1) is 7.79. The van der Waals surface area contributed by atoms with E-state index in [1.54, 1.807) is 0 Å². The van der Waals surface area contributed by atoms with Crippen molar-refractivity contribution in [1.82, 2.24) is 4.90 Å². The summed E-state index contributed by atoms with van der Waals surface area (Å²) in [6.45, 7) is -0.00328. The smallest absolute Gasteiger partial charge is 0.389 e. The zero-order valence-electron chi connectivity index (χ0n) is 9.16. The highest BCUT2D eigenvalue weighted by Gasteiger charge is 2.35. The van der Waals surface area contributed by atoms with Gasteiger partial charge in [0.15, 0.2) is 0 Å². The molecule has 1 N–H and O–H groups in total. The fraction of sp³-hybridized carbons (Fsp3) is 0.800. The molecule has 0 heterocycles. The highest BCUT2D eigenvalue weighted by atomic mass is 19.4. The third-order valence-electron chi connectivity index (χ3n) is 2.50. The van der Waals surface area contributed by atoms with Crippen molar-refractivity contribution >= 4 is 11.9 Å². The van der Waals surface area contributed by atoms with Gasteiger partial charge in [0.25, 0.3) is 0 Å². The van der Waals surface area contributed by atoms with Gasteiger partial charge >= 0.3 is 12.1 Å². The Morgan fingerprint density at radius 3 is 2.24 bits per heavy atom. The lowest BCUT2D eigenvalue weighted by Crippen LogP contribution is -2.35. The molecule has 0 bridgehead atoms. The number of alkyl halides is 3. The Hall–Kier alpha value is -1.27. The van der Waals surface area contributed by atoms with Crippen LogP contribution in [0.5, 0.6) is 0 Å². The molecule has 0 atom stereocenters. The van der Waals surface area contributed by atoms with Crippen LogP contribution in [0, 0.1) is 0 Å². The summed E-state index contributed by atoms with van der Waals surface area (Å²) in [4.78, 5) is 23.1. The van der Waals surface area contributed by atoms with Gasteiger partial charge in [-0.3, -0.25) is 9.59 Å². The quantitative estimate of drug-likeness (QED) is 0.785. The number of carboxylic acids is 1. The molecular weight excluding hydrogens is 239 g/mol. The molecule has 98 valence electrons. The molecule has 17 heavy (non-hydrogen) atoms. The van der Waals surface area contributed by atoms with Crippen molar-refractivity contribution in [3.8, 4) is 0 Å². The molecule has 7 heteroatoms. The lowest BCUT2D eigenvalue weighted by Gasteiger charge is -2.21. The number of aliphatic carboxylic acids is 1. The van der Waals surface area contributed by atoms with Crippen molar-refractivity contribution < 1.29 is 27.9 Å². The van der Waals surface area contributed by atoms with E-state index in [1.807, 2.05) is 0 Å². The molecule has 1 saturated carbocycles. The summed E-state index contributed by atoms with van der Waals surface area (Å²) >= 11 is 0. The molecule has 0 aromatic rings. The minimum absolute atomic E-state index is 0.00328. The van der Waals surface area contributed by atoms with Crippen molar-refractivity contribution in [2.45, 2.75) is 44.3 Å². The number of carbonyl (C=O) groups excluding carboxylic acids is 1. The SMILES string of the molecule is O=C(O)CCN(C(=O)CCC(F)(F)F)C1CC1. The van der Waals surface area contributed by atoms with Gasteiger partial charge in [-0.2, -0.15) is 13.2 Å². The summed E-state index contributed by atoms with van der Waals surface area (Å²) in [6, 6.07) is -0.0601. The van der Waals surface area contributed by atoms with E-state index in [-0.39, 0.29) is 19.0 Å². The average Bonchev–Trinajstić information content (AvgIpc) is 2.97. The van der Waals surface area contributed by atoms with Crippen LogP contribution in [0.15, 0.2) is 0 Å². The molecular formula is C10H14F3NO3. The molecule has 0 radical (unpaired) electrons. The van der Waals surface area contributed by atoms with Crippen LogP contribution in [-0.2, 0) is 9.59 Å². The first kappa shape index (κ1) is 13.8. The molecule has 0 aliphatic heterocycles. The van der Waals surface area contributed by atoms with Crippen molar-refractivity contribution in [3.05, 3.63) is 0 Å². The second kappa shape index (κ2) is 5.37. The molecule has 1 amide bonds. The molecule has 0 spiro atoms. The van der Waals surface area contributed by atoms with E-state index in [9.17, 15) is 22.8 Å². The maximum Gasteiger partial charge on any atom is 0.389 e. The van der Waals surface area contributed by atoms with E-state index in [1.165, 1.54) is 4.90 Å². The van der Waals surface area contributed by atoms with Crippen LogP contribution >= 0.6 is 0 Å². The number of amides is 1. The van der Waals surface area contributed by atoms with Crippen LogP contribution in [0.25, 0.3) is 0 Å². The summed E-state index contributed by atoms with van der Waals surface area (Å²) in [6.07, 6.45) is -4.83. The topological polar surface area (TPSA) is 57.6 Å². The predicted octanol–water partition coefficient (Wildman–Crippen LogP) is 1.79. The van der Waals surface area contributed by atoms with Crippen molar-refractivity contribution in [2.24, 2.45) is 0 Å². The summed E-state index contributed by atoms with van der Waals surface area (Å²) in [5.41, 5.74) is 0. The Balaban J connectivity index is 2.41. The van der Waals surface area contributed by atoms with Crippen molar-refractivity contribution in [3.63, 3.8) is 0 Å². The molecule has 0 aromatic heterocycles. The largest absolute Gasteiger partial charge is 0.481 e. The molecule has 1 rings (SSSR count). The van der Waals surface area contributed by atoms with Crippen LogP contribution in [0.1, 0.15) is 32.1 Å². The van der Waals surface area contributed by atoms with E-state index in [0.29, 0.717) is 0 Å². The van der Waals surface area contributed by atoms with Gasteiger partial charge in [-0.1, -0.05) is 0 Å². The zero-order valence-corrected chi connectivity index (χ0v) is 9.16. The van der Waals surface area contributed by atoms with Crippen LogP contribution in [0.2, 0.25) is 0 Å². The van der Waals surface area contributed by atoms with Gasteiger partial charge < -0.3 is 10.0 Å². The Bertz CT molecular complexity index is 300. The minimum Gasteiger partial charge on any atom is -0.481 e. The summed E-state index contributed by atoms with van der Waals surface area (Å²) in [5, 5.41) is 8.49. The van der Waals surface area contributed by atoms with E-state index in [4.69, 9.17) is 5.11 Å². The van der Waals surface area contributed by atoms with Gasteiger partial charge in [0.05, 0.1) is 12.8 Å². The molecule has 1 aliphatic carbocycles. The van der Waals surface area contributed by atoms with E-state index in [2.05, 4.69) is 0 Å². The number of carbonyl (C=O) groups is 2. The number of nitrogens with zero attached hydrogens (tertiary/aromatic N) is 1. The molecule has 1 fully saturated rings. The van der Waals surface area contributed by atoms with Crippen LogP contribution in [0.3, 0.4) is 0 Å². The molecule has 0 aromatic carbocycles. The normalized spacial score (nSPS) is 15.7. The first-order valence-electron chi connectivity index (χ1n) is 5.37. The predicted molar refractivity (Wildman–Crippen MR) is 52.3 cm³/mol. The number of hydrogen-bond donors (Lipinski definition) is 1. The Labute approximate surface area is 96.4 Å². The van der Waals surface area contributed by atoms with Gasteiger partial charge in [-0.05, 0) is 12.8 Å². The minimum atomic E-state index is -4.35. The van der Waals surface area contributed by atoms with Gasteiger partial charge in [0.2, 0.25) is 5.91 Å². The third kappa shape index (κ3) is 5.55. The lowest BCUT2D eigenvalue weighted by molar-refractivity contribution is -0.150. The van der Waals surface area contributed by atoms with Crippen LogP contribution in [0.4, 0.5) is 13.2 Å². The summed E-state index contributed by atoms with van der Waals surface area (Å²) in [5.74, 6) is -1.66. The fourth-order valence-electron chi connectivity index (χ4n) is 1.51. The van der Waals surface area contributed by atoms with Crippen molar-refractivity contribution in [1.29, 1.82) is 0 Å². The van der Waals surface area contributed by atoms with Gasteiger partial charge in [-0.15, -0.1) is 0 Å². The fourth-order valence-corrected chi connectivity index (χ4v) is 1.51. The number of rotatable bonds is 6. The number of carboxylic acid groups (broad SMARTS) is 1. The van der Waals surface area contributed by atoms with E-state index >= 15 is 0 Å². The number of hydrogen-bond acceptors (Lipinski definition) is 2. The van der Waals surface area contributed by atoms with Crippen LogP contribution < -0.4 is 0 Å². The summed E-state index contributed by atoms with van der Waals surface area (Å²) < 4.78 is 35.8. The van der Waals surface area contributed by atoms with E-state index < -0.39 is 30.9 Å². The van der Waals surface area contributed by atoms with E-state index in [0.717, 1.165) is 12.8 Å². The highest BCUT2D eigenvalue weighted by molar-refractivity contribution is 5.77. The maximum atomic E-state index is 11.9. The average molecular weight is 253 g/mol.